The lowest BCUT2D eigenvalue weighted by Crippen LogP contribution is -2.02. The molecule has 0 saturated carbocycles. The maximum absolute atomic E-state index is 10.0. The Morgan fingerprint density at radius 1 is 0.828 bits per heavy atom. The molecule has 0 radical (unpaired) electrons. The Hall–Kier alpha value is -2.96. The van der Waals surface area contributed by atoms with Crippen LogP contribution < -0.4 is 18.9 Å². The first-order valence-electron chi connectivity index (χ1n) is 9.17. The Morgan fingerprint density at radius 2 is 1.59 bits per heavy atom. The van der Waals surface area contributed by atoms with Gasteiger partial charge in [-0.05, 0) is 53.3 Å². The molecule has 0 aliphatic carbocycles. The number of aryl methyl sites for hydroxylation is 1. The molecule has 0 bridgehead atoms. The van der Waals surface area contributed by atoms with Crippen LogP contribution in [0.1, 0.15) is 11.1 Å². The summed E-state index contributed by atoms with van der Waals surface area (Å²) < 4.78 is 27.5. The number of benzene rings is 3. The molecule has 6 nitrogen and oxygen atoms in total. The maximum Gasteiger partial charge on any atom is 0.188 e. The monoisotopic (exact) mass is 398 g/mol. The second-order valence-electron chi connectivity index (χ2n) is 6.57. The Labute approximate surface area is 170 Å². The lowest BCUT2D eigenvalue weighted by atomic mass is 9.92. The molecule has 0 atom stereocenters. The first-order chi connectivity index (χ1) is 14.1. The van der Waals surface area contributed by atoms with Crippen molar-refractivity contribution in [2.45, 2.75) is 13.5 Å². The standard InChI is InChI=1S/C23H26O6/c1-14-8-18-17(22-15(12-24)10-16(26-3)11-21(22)28-5)6-7-19(29-13-25-2)23(18)20(9-14)27-4/h6-11,24H,12-13H2,1-5H3. The number of fused-ring (bicyclic) bond motifs is 1. The smallest absolute Gasteiger partial charge is 0.188 e. The highest BCUT2D eigenvalue weighted by Crippen LogP contribution is 2.45. The molecule has 3 aromatic rings. The average molecular weight is 398 g/mol. The Kier molecular flexibility index (Phi) is 6.46. The third-order valence-electron chi connectivity index (χ3n) is 4.79. The van der Waals surface area contributed by atoms with Crippen LogP contribution in [0.25, 0.3) is 21.9 Å². The SMILES string of the molecule is COCOc1ccc(-c2c(CO)cc(OC)cc2OC)c2cc(C)cc(OC)c12. The van der Waals surface area contributed by atoms with E-state index in [0.29, 0.717) is 28.6 Å². The molecule has 0 fully saturated rings. The van der Waals surface area contributed by atoms with Crippen LogP contribution in [0.3, 0.4) is 0 Å². The van der Waals surface area contributed by atoms with Crippen LogP contribution in [-0.4, -0.2) is 40.3 Å². The van der Waals surface area contributed by atoms with Crippen molar-refractivity contribution in [3.63, 3.8) is 0 Å². The van der Waals surface area contributed by atoms with Crippen molar-refractivity contribution in [3.8, 4) is 34.1 Å². The van der Waals surface area contributed by atoms with E-state index < -0.39 is 0 Å². The molecule has 0 aromatic heterocycles. The summed E-state index contributed by atoms with van der Waals surface area (Å²) >= 11 is 0. The molecular formula is C23H26O6. The number of hydrogen-bond acceptors (Lipinski definition) is 6. The second-order valence-corrected chi connectivity index (χ2v) is 6.57. The zero-order valence-electron chi connectivity index (χ0n) is 17.4. The van der Waals surface area contributed by atoms with Gasteiger partial charge in [-0.1, -0.05) is 6.07 Å². The van der Waals surface area contributed by atoms with E-state index in [-0.39, 0.29) is 13.4 Å². The predicted octanol–water partition coefficient (Wildman–Crippen LogP) is 4.32. The van der Waals surface area contributed by atoms with Crippen LogP contribution in [0.4, 0.5) is 0 Å². The Bertz CT molecular complexity index is 987. The summed E-state index contributed by atoms with van der Waals surface area (Å²) in [6.07, 6.45) is 0. The highest BCUT2D eigenvalue weighted by Gasteiger charge is 2.20. The van der Waals surface area contributed by atoms with Crippen molar-refractivity contribution in [3.05, 3.63) is 47.5 Å². The van der Waals surface area contributed by atoms with Gasteiger partial charge in [-0.3, -0.25) is 0 Å². The maximum atomic E-state index is 10.0. The quantitative estimate of drug-likeness (QED) is 0.570. The summed E-state index contributed by atoms with van der Waals surface area (Å²) in [5.41, 5.74) is 3.44. The van der Waals surface area contributed by atoms with Gasteiger partial charge in [0.05, 0.1) is 33.3 Å². The molecule has 0 spiro atoms. The molecule has 0 amide bonds. The van der Waals surface area contributed by atoms with E-state index in [2.05, 4.69) is 6.07 Å². The fourth-order valence-electron chi connectivity index (χ4n) is 3.53. The molecule has 3 aromatic carbocycles. The second kappa shape index (κ2) is 9.03. The summed E-state index contributed by atoms with van der Waals surface area (Å²) in [6, 6.07) is 11.5. The molecule has 0 saturated heterocycles. The lowest BCUT2D eigenvalue weighted by Gasteiger charge is -2.19. The molecule has 154 valence electrons. The first-order valence-corrected chi connectivity index (χ1v) is 9.17. The minimum absolute atomic E-state index is 0.124. The molecule has 3 rings (SSSR count). The average Bonchev–Trinajstić information content (AvgIpc) is 2.75. The normalized spacial score (nSPS) is 10.8. The van der Waals surface area contributed by atoms with Crippen LogP contribution in [0, 0.1) is 6.92 Å². The summed E-state index contributed by atoms with van der Waals surface area (Å²) in [7, 11) is 6.40. The van der Waals surface area contributed by atoms with Gasteiger partial charge in [0, 0.05) is 18.7 Å². The van der Waals surface area contributed by atoms with Gasteiger partial charge in [0.1, 0.15) is 23.0 Å². The van der Waals surface area contributed by atoms with Crippen LogP contribution in [0.15, 0.2) is 36.4 Å². The molecule has 6 heteroatoms. The van der Waals surface area contributed by atoms with Gasteiger partial charge in [-0.2, -0.15) is 0 Å². The van der Waals surface area contributed by atoms with Crippen molar-refractivity contribution in [2.24, 2.45) is 0 Å². The predicted molar refractivity (Wildman–Crippen MR) is 112 cm³/mol. The van der Waals surface area contributed by atoms with Gasteiger partial charge in [0.15, 0.2) is 6.79 Å². The summed E-state index contributed by atoms with van der Waals surface area (Å²) in [6.45, 7) is 1.97. The number of aliphatic hydroxyl groups excluding tert-OH is 1. The Morgan fingerprint density at radius 3 is 2.21 bits per heavy atom. The zero-order valence-corrected chi connectivity index (χ0v) is 17.4. The Balaban J connectivity index is 2.39. The minimum atomic E-state index is -0.157. The van der Waals surface area contributed by atoms with Crippen LogP contribution in [0.5, 0.6) is 23.0 Å². The van der Waals surface area contributed by atoms with E-state index in [4.69, 9.17) is 23.7 Å². The summed E-state index contributed by atoms with van der Waals surface area (Å²) in [5, 5.41) is 11.8. The molecule has 0 aliphatic rings. The van der Waals surface area contributed by atoms with Crippen LogP contribution in [-0.2, 0) is 11.3 Å². The molecule has 0 heterocycles. The largest absolute Gasteiger partial charge is 0.497 e. The lowest BCUT2D eigenvalue weighted by molar-refractivity contribution is 0.0521. The molecular weight excluding hydrogens is 372 g/mol. The molecule has 0 aliphatic heterocycles. The van der Waals surface area contributed by atoms with E-state index in [1.54, 1.807) is 28.4 Å². The highest BCUT2D eigenvalue weighted by atomic mass is 16.7. The number of rotatable bonds is 8. The molecule has 1 N–H and O–H groups in total. The van der Waals surface area contributed by atoms with E-state index in [1.807, 2.05) is 37.3 Å². The number of methoxy groups -OCH3 is 4. The van der Waals surface area contributed by atoms with E-state index in [9.17, 15) is 5.11 Å². The number of hydrogen-bond donors (Lipinski definition) is 1. The highest BCUT2D eigenvalue weighted by molar-refractivity contribution is 6.05. The van der Waals surface area contributed by atoms with Crippen molar-refractivity contribution >= 4 is 10.8 Å². The van der Waals surface area contributed by atoms with Gasteiger partial charge in [-0.25, -0.2) is 0 Å². The van der Waals surface area contributed by atoms with Gasteiger partial charge in [-0.15, -0.1) is 0 Å². The van der Waals surface area contributed by atoms with Crippen LogP contribution in [0.2, 0.25) is 0 Å². The van der Waals surface area contributed by atoms with Gasteiger partial charge in [0.2, 0.25) is 0 Å². The van der Waals surface area contributed by atoms with Gasteiger partial charge >= 0.3 is 0 Å². The van der Waals surface area contributed by atoms with Gasteiger partial charge < -0.3 is 28.8 Å². The fourth-order valence-corrected chi connectivity index (χ4v) is 3.53. The molecule has 0 unspecified atom stereocenters. The summed E-state index contributed by atoms with van der Waals surface area (Å²) in [4.78, 5) is 0. The fraction of sp³-hybridized carbons (Fsp3) is 0.304. The van der Waals surface area contributed by atoms with Crippen LogP contribution >= 0.6 is 0 Å². The van der Waals surface area contributed by atoms with Crippen molar-refractivity contribution in [1.29, 1.82) is 0 Å². The topological polar surface area (TPSA) is 66.4 Å². The third kappa shape index (κ3) is 3.95. The van der Waals surface area contributed by atoms with E-state index in [0.717, 1.165) is 27.5 Å². The number of ether oxygens (including phenoxy) is 5. The van der Waals surface area contributed by atoms with E-state index >= 15 is 0 Å². The van der Waals surface area contributed by atoms with Crippen molar-refractivity contribution in [1.82, 2.24) is 0 Å². The first kappa shape index (κ1) is 20.8. The van der Waals surface area contributed by atoms with E-state index in [1.165, 1.54) is 0 Å². The minimum Gasteiger partial charge on any atom is -0.497 e. The third-order valence-corrected chi connectivity index (χ3v) is 4.79. The number of aliphatic hydroxyl groups is 1. The van der Waals surface area contributed by atoms with Gasteiger partial charge in [0.25, 0.3) is 0 Å². The van der Waals surface area contributed by atoms with Crippen molar-refractivity contribution < 1.29 is 28.8 Å². The van der Waals surface area contributed by atoms with Crippen molar-refractivity contribution in [2.75, 3.05) is 35.2 Å². The molecule has 29 heavy (non-hydrogen) atoms. The zero-order chi connectivity index (χ0) is 21.0. The summed E-state index contributed by atoms with van der Waals surface area (Å²) in [5.74, 6) is 2.58.